The molecule has 0 bridgehead atoms. The Hall–Kier alpha value is -0.890. The van der Waals surface area contributed by atoms with E-state index in [9.17, 15) is 4.39 Å². The molecule has 1 saturated heterocycles. The number of nitrogens with one attached hydrogen (secondary N) is 1. The second-order valence-corrected chi connectivity index (χ2v) is 5.11. The van der Waals surface area contributed by atoms with Gasteiger partial charge in [0, 0.05) is 12.1 Å². The molecule has 0 saturated carbocycles. The van der Waals surface area contributed by atoms with Gasteiger partial charge in [0.15, 0.2) is 0 Å². The summed E-state index contributed by atoms with van der Waals surface area (Å²) in [6.45, 7) is 2.23. The summed E-state index contributed by atoms with van der Waals surface area (Å²) < 4.78 is 13.1. The maximum atomic E-state index is 13.1. The monoisotopic (exact) mass is 235 g/mol. The molecule has 2 unspecified atom stereocenters. The van der Waals surface area contributed by atoms with Gasteiger partial charge in [-0.2, -0.15) is 0 Å². The van der Waals surface area contributed by atoms with Gasteiger partial charge in [0.05, 0.1) is 0 Å². The predicted octanol–water partition coefficient (Wildman–Crippen LogP) is 3.68. The Morgan fingerprint density at radius 2 is 2.12 bits per heavy atom. The average Bonchev–Trinajstić information content (AvgIpc) is 2.30. The van der Waals surface area contributed by atoms with Crippen LogP contribution in [0.15, 0.2) is 24.3 Å². The average molecular weight is 235 g/mol. The maximum Gasteiger partial charge on any atom is 0.123 e. The zero-order valence-electron chi connectivity index (χ0n) is 10.6. The fraction of sp³-hybridized carbons (Fsp3) is 0.600. The van der Waals surface area contributed by atoms with E-state index in [0.29, 0.717) is 12.1 Å². The van der Waals surface area contributed by atoms with Gasteiger partial charge in [-0.25, -0.2) is 4.39 Å². The van der Waals surface area contributed by atoms with Crippen molar-refractivity contribution in [2.75, 3.05) is 0 Å². The fourth-order valence-corrected chi connectivity index (χ4v) is 2.80. The van der Waals surface area contributed by atoms with Crippen LogP contribution >= 0.6 is 0 Å². The number of hydrogen-bond donors (Lipinski definition) is 1. The smallest absolute Gasteiger partial charge is 0.123 e. The van der Waals surface area contributed by atoms with Crippen LogP contribution in [-0.4, -0.2) is 12.1 Å². The minimum Gasteiger partial charge on any atom is -0.311 e. The molecule has 17 heavy (non-hydrogen) atoms. The summed E-state index contributed by atoms with van der Waals surface area (Å²) in [5.41, 5.74) is 1.11. The fourth-order valence-electron chi connectivity index (χ4n) is 2.80. The summed E-state index contributed by atoms with van der Waals surface area (Å²) >= 11 is 0. The predicted molar refractivity (Wildman–Crippen MR) is 69.6 cm³/mol. The van der Waals surface area contributed by atoms with Crippen molar-refractivity contribution >= 4 is 0 Å². The van der Waals surface area contributed by atoms with Gasteiger partial charge in [0.25, 0.3) is 0 Å². The van der Waals surface area contributed by atoms with E-state index in [-0.39, 0.29) is 5.82 Å². The van der Waals surface area contributed by atoms with E-state index in [4.69, 9.17) is 0 Å². The van der Waals surface area contributed by atoms with Gasteiger partial charge in [0.1, 0.15) is 5.82 Å². The van der Waals surface area contributed by atoms with E-state index >= 15 is 0 Å². The van der Waals surface area contributed by atoms with Gasteiger partial charge in [-0.1, -0.05) is 31.9 Å². The van der Waals surface area contributed by atoms with Crippen LogP contribution in [0.5, 0.6) is 0 Å². The van der Waals surface area contributed by atoms with Crippen molar-refractivity contribution in [1.29, 1.82) is 0 Å². The molecule has 1 heterocycles. The first-order valence-corrected chi connectivity index (χ1v) is 6.78. The standard InChI is InChI=1S/C15H22FN/c1-2-5-14-8-4-9-15(17-14)11-12-6-3-7-13(16)10-12/h3,6-7,10,14-15,17H,2,4-5,8-9,11H2,1H3. The Balaban J connectivity index is 1.90. The first kappa shape index (κ1) is 12.6. The van der Waals surface area contributed by atoms with Crippen LogP contribution in [0.1, 0.15) is 44.6 Å². The lowest BCUT2D eigenvalue weighted by Gasteiger charge is -2.31. The normalized spacial score (nSPS) is 24.8. The Morgan fingerprint density at radius 1 is 1.29 bits per heavy atom. The largest absolute Gasteiger partial charge is 0.311 e. The molecular weight excluding hydrogens is 213 g/mol. The summed E-state index contributed by atoms with van der Waals surface area (Å²) in [5, 5.41) is 3.70. The first-order valence-electron chi connectivity index (χ1n) is 6.78. The molecule has 94 valence electrons. The third-order valence-corrected chi connectivity index (χ3v) is 3.58. The van der Waals surface area contributed by atoms with Crippen molar-refractivity contribution in [1.82, 2.24) is 5.32 Å². The molecule has 1 aromatic carbocycles. The van der Waals surface area contributed by atoms with Crippen LogP contribution in [0.4, 0.5) is 4.39 Å². The second-order valence-electron chi connectivity index (χ2n) is 5.11. The molecule has 1 fully saturated rings. The number of hydrogen-bond acceptors (Lipinski definition) is 1. The third-order valence-electron chi connectivity index (χ3n) is 3.58. The highest BCUT2D eigenvalue weighted by Crippen LogP contribution is 2.19. The van der Waals surface area contributed by atoms with Crippen LogP contribution in [0, 0.1) is 5.82 Å². The summed E-state index contributed by atoms with van der Waals surface area (Å²) in [5.74, 6) is -0.122. The Labute approximate surface area is 103 Å². The van der Waals surface area contributed by atoms with Gasteiger partial charge in [-0.3, -0.25) is 0 Å². The van der Waals surface area contributed by atoms with Crippen molar-refractivity contribution in [3.05, 3.63) is 35.6 Å². The van der Waals surface area contributed by atoms with E-state index in [1.807, 2.05) is 6.07 Å². The van der Waals surface area contributed by atoms with Crippen LogP contribution in [-0.2, 0) is 6.42 Å². The molecular formula is C15H22FN. The quantitative estimate of drug-likeness (QED) is 0.839. The highest BCUT2D eigenvalue weighted by molar-refractivity contribution is 5.17. The van der Waals surface area contributed by atoms with E-state index in [1.165, 1.54) is 38.2 Å². The molecule has 0 aromatic heterocycles. The van der Waals surface area contributed by atoms with E-state index in [2.05, 4.69) is 12.2 Å². The molecule has 1 N–H and O–H groups in total. The van der Waals surface area contributed by atoms with Gasteiger partial charge in [-0.05, 0) is 43.4 Å². The Morgan fingerprint density at radius 3 is 2.88 bits per heavy atom. The van der Waals surface area contributed by atoms with Crippen LogP contribution in [0.25, 0.3) is 0 Å². The van der Waals surface area contributed by atoms with Crippen molar-refractivity contribution in [2.45, 2.75) is 57.5 Å². The van der Waals surface area contributed by atoms with Crippen LogP contribution in [0.2, 0.25) is 0 Å². The topological polar surface area (TPSA) is 12.0 Å². The van der Waals surface area contributed by atoms with Crippen LogP contribution in [0.3, 0.4) is 0 Å². The summed E-state index contributed by atoms with van der Waals surface area (Å²) in [6.07, 6.45) is 7.28. The lowest BCUT2D eigenvalue weighted by Crippen LogP contribution is -2.43. The molecule has 0 radical (unpaired) electrons. The first-order chi connectivity index (χ1) is 8.28. The highest BCUT2D eigenvalue weighted by Gasteiger charge is 2.20. The minimum absolute atomic E-state index is 0.122. The molecule has 2 heteroatoms. The van der Waals surface area contributed by atoms with Gasteiger partial charge in [0.2, 0.25) is 0 Å². The van der Waals surface area contributed by atoms with Crippen molar-refractivity contribution < 1.29 is 4.39 Å². The van der Waals surface area contributed by atoms with E-state index in [1.54, 1.807) is 12.1 Å². The van der Waals surface area contributed by atoms with Crippen molar-refractivity contribution in [3.63, 3.8) is 0 Å². The molecule has 1 aliphatic rings. The van der Waals surface area contributed by atoms with Crippen molar-refractivity contribution in [3.8, 4) is 0 Å². The highest BCUT2D eigenvalue weighted by atomic mass is 19.1. The van der Waals surface area contributed by atoms with Crippen LogP contribution < -0.4 is 5.32 Å². The van der Waals surface area contributed by atoms with Crippen molar-refractivity contribution in [2.24, 2.45) is 0 Å². The third kappa shape index (κ3) is 3.81. The lowest BCUT2D eigenvalue weighted by atomic mass is 9.92. The zero-order chi connectivity index (χ0) is 12.1. The SMILES string of the molecule is CCCC1CCCC(Cc2cccc(F)c2)N1. The van der Waals surface area contributed by atoms with Gasteiger partial charge >= 0.3 is 0 Å². The molecule has 1 nitrogen and oxygen atoms in total. The molecule has 0 aliphatic carbocycles. The zero-order valence-corrected chi connectivity index (χ0v) is 10.6. The van der Waals surface area contributed by atoms with Gasteiger partial charge < -0.3 is 5.32 Å². The molecule has 2 rings (SSSR count). The van der Waals surface area contributed by atoms with Gasteiger partial charge in [-0.15, -0.1) is 0 Å². The Bertz CT molecular complexity index is 349. The molecule has 0 amide bonds. The molecule has 1 aliphatic heterocycles. The summed E-state index contributed by atoms with van der Waals surface area (Å²) in [7, 11) is 0. The molecule has 2 atom stereocenters. The lowest BCUT2D eigenvalue weighted by molar-refractivity contribution is 0.304. The molecule has 0 spiro atoms. The minimum atomic E-state index is -0.122. The number of benzene rings is 1. The van der Waals surface area contributed by atoms with E-state index < -0.39 is 0 Å². The van der Waals surface area contributed by atoms with E-state index in [0.717, 1.165) is 12.0 Å². The number of piperidine rings is 1. The second kappa shape index (κ2) is 6.15. The Kier molecular flexibility index (Phi) is 4.55. The maximum absolute atomic E-state index is 13.1. The number of halogens is 1. The summed E-state index contributed by atoms with van der Waals surface area (Å²) in [4.78, 5) is 0. The number of rotatable bonds is 4. The molecule has 1 aromatic rings. The summed E-state index contributed by atoms with van der Waals surface area (Å²) in [6, 6.07) is 8.20.